The minimum atomic E-state index is -0.517. The lowest BCUT2D eigenvalue weighted by atomic mass is 10.2. The molecule has 0 amide bonds. The molecule has 3 aromatic rings. The Morgan fingerprint density at radius 2 is 1.81 bits per heavy atom. The van der Waals surface area contributed by atoms with Gasteiger partial charge in [0.1, 0.15) is 0 Å². The SMILES string of the molecule is O=C(OCc1nnc(-c2ccc(Cl)cc2)o1)c1ccc2c(c1)OCCCO2. The molecular formula is C19H15ClN2O5. The van der Waals surface area contributed by atoms with Crippen molar-refractivity contribution in [3.05, 3.63) is 58.9 Å². The molecule has 0 atom stereocenters. The third-order valence-corrected chi connectivity index (χ3v) is 4.12. The number of rotatable bonds is 4. The lowest BCUT2D eigenvalue weighted by Crippen LogP contribution is -2.06. The van der Waals surface area contributed by atoms with Gasteiger partial charge in [0, 0.05) is 17.0 Å². The topological polar surface area (TPSA) is 83.7 Å². The summed E-state index contributed by atoms with van der Waals surface area (Å²) >= 11 is 5.86. The van der Waals surface area contributed by atoms with E-state index in [1.54, 1.807) is 42.5 Å². The molecule has 1 aliphatic rings. The molecule has 0 spiro atoms. The molecule has 27 heavy (non-hydrogen) atoms. The number of esters is 1. The average Bonchev–Trinajstić information content (AvgIpc) is 3.03. The Balaban J connectivity index is 1.41. The fourth-order valence-electron chi connectivity index (χ4n) is 2.52. The van der Waals surface area contributed by atoms with Crippen LogP contribution in [-0.4, -0.2) is 29.4 Å². The minimum Gasteiger partial charge on any atom is -0.490 e. The molecule has 2 aromatic carbocycles. The zero-order valence-corrected chi connectivity index (χ0v) is 14.9. The molecular weight excluding hydrogens is 372 g/mol. The van der Waals surface area contributed by atoms with Gasteiger partial charge in [-0.2, -0.15) is 0 Å². The maximum Gasteiger partial charge on any atom is 0.338 e. The first-order valence-electron chi connectivity index (χ1n) is 8.34. The summed E-state index contributed by atoms with van der Waals surface area (Å²) in [6.45, 7) is 0.999. The van der Waals surface area contributed by atoms with Crippen LogP contribution in [0.1, 0.15) is 22.7 Å². The third-order valence-electron chi connectivity index (χ3n) is 3.87. The summed E-state index contributed by atoms with van der Waals surface area (Å²) in [5, 5.41) is 8.45. The van der Waals surface area contributed by atoms with E-state index in [1.165, 1.54) is 0 Å². The molecule has 4 rings (SSSR count). The van der Waals surface area contributed by atoms with Crippen molar-refractivity contribution in [1.82, 2.24) is 10.2 Å². The second-order valence-electron chi connectivity index (χ2n) is 5.80. The van der Waals surface area contributed by atoms with Crippen molar-refractivity contribution in [3.63, 3.8) is 0 Å². The van der Waals surface area contributed by atoms with Crippen LogP contribution in [0.2, 0.25) is 5.02 Å². The standard InChI is InChI=1S/C19H15ClN2O5/c20-14-5-2-12(3-6-14)18-22-21-17(27-18)11-26-19(23)13-4-7-15-16(10-13)25-9-1-8-24-15/h2-7,10H,1,8-9,11H2. The Morgan fingerprint density at radius 1 is 1.04 bits per heavy atom. The number of halogens is 1. The van der Waals surface area contributed by atoms with Gasteiger partial charge in [-0.05, 0) is 42.5 Å². The van der Waals surface area contributed by atoms with Gasteiger partial charge in [0.15, 0.2) is 18.1 Å². The summed E-state index contributed by atoms with van der Waals surface area (Å²) in [4.78, 5) is 12.3. The molecule has 0 aliphatic carbocycles. The summed E-state index contributed by atoms with van der Waals surface area (Å²) in [6.07, 6.45) is 0.793. The van der Waals surface area contributed by atoms with Crippen LogP contribution in [0.15, 0.2) is 46.9 Å². The van der Waals surface area contributed by atoms with Crippen molar-refractivity contribution in [1.29, 1.82) is 0 Å². The predicted octanol–water partition coefficient (Wildman–Crippen LogP) is 3.91. The number of ether oxygens (including phenoxy) is 3. The fourth-order valence-corrected chi connectivity index (χ4v) is 2.65. The number of hydrogen-bond donors (Lipinski definition) is 0. The summed E-state index contributed by atoms with van der Waals surface area (Å²) in [7, 11) is 0. The molecule has 0 N–H and O–H groups in total. The fraction of sp³-hybridized carbons (Fsp3) is 0.211. The Hall–Kier alpha value is -3.06. The molecule has 0 radical (unpaired) electrons. The van der Waals surface area contributed by atoms with Crippen molar-refractivity contribution in [2.75, 3.05) is 13.2 Å². The van der Waals surface area contributed by atoms with E-state index in [2.05, 4.69) is 10.2 Å². The highest BCUT2D eigenvalue weighted by molar-refractivity contribution is 6.30. The van der Waals surface area contributed by atoms with E-state index >= 15 is 0 Å². The molecule has 0 saturated carbocycles. The van der Waals surface area contributed by atoms with Crippen molar-refractivity contribution in [3.8, 4) is 23.0 Å². The number of carbonyl (C=O) groups is 1. The zero-order valence-electron chi connectivity index (χ0n) is 14.2. The van der Waals surface area contributed by atoms with Crippen molar-refractivity contribution < 1.29 is 23.4 Å². The maximum absolute atomic E-state index is 12.3. The average molecular weight is 387 g/mol. The van der Waals surface area contributed by atoms with Crippen LogP contribution < -0.4 is 9.47 Å². The van der Waals surface area contributed by atoms with Gasteiger partial charge in [-0.1, -0.05) is 11.6 Å². The van der Waals surface area contributed by atoms with E-state index < -0.39 is 5.97 Å². The number of fused-ring (bicyclic) bond motifs is 1. The molecule has 0 bridgehead atoms. The van der Waals surface area contributed by atoms with Gasteiger partial charge in [0.05, 0.1) is 18.8 Å². The molecule has 0 saturated heterocycles. The number of benzene rings is 2. The van der Waals surface area contributed by atoms with Gasteiger partial charge in [-0.25, -0.2) is 4.79 Å². The van der Waals surface area contributed by atoms with E-state index in [0.717, 1.165) is 12.0 Å². The minimum absolute atomic E-state index is 0.131. The second-order valence-corrected chi connectivity index (χ2v) is 6.23. The van der Waals surface area contributed by atoms with Crippen molar-refractivity contribution >= 4 is 17.6 Å². The highest BCUT2D eigenvalue weighted by atomic mass is 35.5. The number of hydrogen-bond acceptors (Lipinski definition) is 7. The molecule has 7 nitrogen and oxygen atoms in total. The van der Waals surface area contributed by atoms with Gasteiger partial charge in [-0.3, -0.25) is 0 Å². The Bertz CT molecular complexity index is 955. The summed E-state index contributed by atoms with van der Waals surface area (Å²) < 4.78 is 21.9. The summed E-state index contributed by atoms with van der Waals surface area (Å²) in [5.74, 6) is 1.16. The zero-order chi connectivity index (χ0) is 18.6. The van der Waals surface area contributed by atoms with Crippen molar-refractivity contribution in [2.24, 2.45) is 0 Å². The van der Waals surface area contributed by atoms with Crippen LogP contribution in [0, 0.1) is 0 Å². The summed E-state index contributed by atoms with van der Waals surface area (Å²) in [6, 6.07) is 11.9. The largest absolute Gasteiger partial charge is 0.490 e. The van der Waals surface area contributed by atoms with Crippen LogP contribution >= 0.6 is 11.6 Å². The first-order valence-corrected chi connectivity index (χ1v) is 8.72. The number of carbonyl (C=O) groups excluding carboxylic acids is 1. The van der Waals surface area contributed by atoms with Gasteiger partial charge in [-0.15, -0.1) is 10.2 Å². The lowest BCUT2D eigenvalue weighted by molar-refractivity contribution is 0.0438. The van der Waals surface area contributed by atoms with E-state index in [-0.39, 0.29) is 12.5 Å². The van der Waals surface area contributed by atoms with Gasteiger partial charge in [0.2, 0.25) is 5.89 Å². The smallest absolute Gasteiger partial charge is 0.338 e. The molecule has 138 valence electrons. The van der Waals surface area contributed by atoms with Crippen LogP contribution in [0.5, 0.6) is 11.5 Å². The monoisotopic (exact) mass is 386 g/mol. The van der Waals surface area contributed by atoms with E-state index in [9.17, 15) is 4.79 Å². The van der Waals surface area contributed by atoms with Gasteiger partial charge in [0.25, 0.3) is 5.89 Å². The highest BCUT2D eigenvalue weighted by Gasteiger charge is 2.16. The normalized spacial score (nSPS) is 13.1. The van der Waals surface area contributed by atoms with Crippen LogP contribution in [0.3, 0.4) is 0 Å². The van der Waals surface area contributed by atoms with E-state index in [1.807, 2.05) is 0 Å². The van der Waals surface area contributed by atoms with Crippen LogP contribution in [-0.2, 0) is 11.3 Å². The number of aromatic nitrogens is 2. The van der Waals surface area contributed by atoms with E-state index in [0.29, 0.717) is 41.2 Å². The molecule has 0 unspecified atom stereocenters. The molecule has 1 aromatic heterocycles. The van der Waals surface area contributed by atoms with Gasteiger partial charge < -0.3 is 18.6 Å². The van der Waals surface area contributed by atoms with Crippen LogP contribution in [0.25, 0.3) is 11.5 Å². The first kappa shape index (κ1) is 17.4. The van der Waals surface area contributed by atoms with Crippen molar-refractivity contribution in [2.45, 2.75) is 13.0 Å². The Kier molecular flexibility index (Phi) is 4.93. The van der Waals surface area contributed by atoms with Crippen LogP contribution in [0.4, 0.5) is 0 Å². The summed E-state index contributed by atoms with van der Waals surface area (Å²) in [5.41, 5.74) is 1.09. The quantitative estimate of drug-likeness (QED) is 0.628. The molecule has 1 aliphatic heterocycles. The molecule has 2 heterocycles. The second kappa shape index (κ2) is 7.67. The molecule has 8 heteroatoms. The molecule has 0 fully saturated rings. The third kappa shape index (κ3) is 4.03. The number of nitrogens with zero attached hydrogens (tertiary/aromatic N) is 2. The highest BCUT2D eigenvalue weighted by Crippen LogP contribution is 2.30. The van der Waals surface area contributed by atoms with Gasteiger partial charge >= 0.3 is 5.97 Å². The lowest BCUT2D eigenvalue weighted by Gasteiger charge is -2.08. The predicted molar refractivity (Wildman–Crippen MR) is 95.9 cm³/mol. The Morgan fingerprint density at radius 3 is 2.63 bits per heavy atom. The maximum atomic E-state index is 12.3. The Labute approximate surface area is 159 Å². The van der Waals surface area contributed by atoms with E-state index in [4.69, 9.17) is 30.2 Å². The first-order chi connectivity index (χ1) is 13.2.